The second-order valence-electron chi connectivity index (χ2n) is 7.94. The number of carbonyl (C=O) groups is 3. The largest absolute Gasteiger partial charge is 0.477 e. The third-order valence-electron chi connectivity index (χ3n) is 5.84. The Morgan fingerprint density at radius 3 is 2.48 bits per heavy atom. The van der Waals surface area contributed by atoms with Gasteiger partial charge in [0.25, 0.3) is 0 Å². The number of β-lactam (4-membered cyclic amide) rings is 1. The van der Waals surface area contributed by atoms with E-state index in [-0.39, 0.29) is 40.8 Å². The van der Waals surface area contributed by atoms with Gasteiger partial charge in [-0.05, 0) is 20.4 Å². The molecule has 8 nitrogen and oxygen atoms in total. The molecule has 150 valence electrons. The Kier molecular flexibility index (Phi) is 5.31. The van der Waals surface area contributed by atoms with E-state index < -0.39 is 18.0 Å². The Morgan fingerprint density at radius 2 is 1.96 bits per heavy atom. The first-order chi connectivity index (χ1) is 12.6. The number of likely N-dealkylation sites (N-methyl/N-ethyl adjacent to an activating group) is 2. The topological polar surface area (TPSA) is 101 Å². The molecular weight excluding hydrogens is 370 g/mol. The molecule has 3 aliphatic heterocycles. The molecule has 9 heteroatoms. The molecule has 3 aliphatic rings. The van der Waals surface area contributed by atoms with E-state index in [2.05, 4.69) is 0 Å². The number of fused-ring (bicyclic) bond motifs is 1. The molecule has 0 saturated carbocycles. The minimum atomic E-state index is -1.11. The number of amides is 2. The summed E-state index contributed by atoms with van der Waals surface area (Å²) in [6.45, 7) is 4.16. The fourth-order valence-corrected chi connectivity index (χ4v) is 6.08. The second kappa shape index (κ2) is 7.10. The molecule has 27 heavy (non-hydrogen) atoms. The molecule has 0 radical (unpaired) electrons. The number of aliphatic hydroxyl groups excluding tert-OH is 1. The number of rotatable bonds is 5. The first-order valence-electron chi connectivity index (χ1n) is 9.12. The van der Waals surface area contributed by atoms with E-state index in [4.69, 9.17) is 0 Å². The van der Waals surface area contributed by atoms with Crippen LogP contribution in [-0.4, -0.2) is 93.8 Å². The Bertz CT molecular complexity index is 707. The van der Waals surface area contributed by atoms with Gasteiger partial charge in [0.1, 0.15) is 5.70 Å². The van der Waals surface area contributed by atoms with Crippen LogP contribution in [0.15, 0.2) is 10.6 Å². The Morgan fingerprint density at radius 1 is 1.33 bits per heavy atom. The minimum absolute atomic E-state index is 0.0423. The quantitative estimate of drug-likeness (QED) is 0.632. The van der Waals surface area contributed by atoms with Crippen LogP contribution in [0, 0.1) is 11.8 Å². The predicted molar refractivity (Wildman–Crippen MR) is 101 cm³/mol. The van der Waals surface area contributed by atoms with Crippen molar-refractivity contribution in [3.8, 4) is 0 Å². The number of carbonyl (C=O) groups excluding carboxylic acids is 2. The summed E-state index contributed by atoms with van der Waals surface area (Å²) < 4.78 is 0. The number of hydrogen-bond donors (Lipinski definition) is 2. The van der Waals surface area contributed by atoms with Crippen LogP contribution >= 0.6 is 11.8 Å². The van der Waals surface area contributed by atoms with Gasteiger partial charge in [0.2, 0.25) is 11.8 Å². The molecule has 2 N–H and O–H groups in total. The van der Waals surface area contributed by atoms with Crippen LogP contribution < -0.4 is 0 Å². The van der Waals surface area contributed by atoms with E-state index in [0.29, 0.717) is 17.9 Å². The van der Waals surface area contributed by atoms with E-state index in [0.717, 1.165) is 0 Å². The maximum atomic E-state index is 12.4. The van der Waals surface area contributed by atoms with Crippen molar-refractivity contribution >= 4 is 29.5 Å². The fraction of sp³-hybridized carbons (Fsp3) is 0.722. The summed E-state index contributed by atoms with van der Waals surface area (Å²) in [5.41, 5.74) is 0.0458. The van der Waals surface area contributed by atoms with Gasteiger partial charge in [-0.25, -0.2) is 4.79 Å². The second-order valence-corrected chi connectivity index (χ2v) is 9.28. The highest BCUT2D eigenvalue weighted by Crippen LogP contribution is 2.52. The first-order valence-corrected chi connectivity index (χ1v) is 10.0. The van der Waals surface area contributed by atoms with Crippen molar-refractivity contribution in [1.29, 1.82) is 0 Å². The van der Waals surface area contributed by atoms with Gasteiger partial charge in [-0.1, -0.05) is 6.92 Å². The van der Waals surface area contributed by atoms with E-state index in [9.17, 15) is 24.6 Å². The Labute approximate surface area is 163 Å². The Hall–Kier alpha value is -1.58. The van der Waals surface area contributed by atoms with Crippen LogP contribution in [0.25, 0.3) is 0 Å². The summed E-state index contributed by atoms with van der Waals surface area (Å²) in [7, 11) is 5.36. The third-order valence-corrected chi connectivity index (χ3v) is 7.33. The summed E-state index contributed by atoms with van der Waals surface area (Å²) in [5.74, 6) is -2.09. The van der Waals surface area contributed by atoms with Gasteiger partial charge >= 0.3 is 5.97 Å². The zero-order valence-electron chi connectivity index (χ0n) is 16.2. The fourth-order valence-electron chi connectivity index (χ4n) is 4.48. The predicted octanol–water partition coefficient (Wildman–Crippen LogP) is 0.0342. The molecule has 0 aromatic heterocycles. The summed E-state index contributed by atoms with van der Waals surface area (Å²) >= 11 is 1.47. The van der Waals surface area contributed by atoms with Crippen molar-refractivity contribution in [2.75, 3.05) is 27.7 Å². The molecule has 2 fully saturated rings. The average Bonchev–Trinajstić information content (AvgIpc) is 3.03. The Balaban J connectivity index is 1.81. The summed E-state index contributed by atoms with van der Waals surface area (Å²) in [4.78, 5) is 42.2. The van der Waals surface area contributed by atoms with Crippen molar-refractivity contribution in [2.24, 2.45) is 11.8 Å². The van der Waals surface area contributed by atoms with Gasteiger partial charge in [-0.2, -0.15) is 0 Å². The molecule has 0 aromatic carbocycles. The number of aliphatic hydroxyl groups is 1. The minimum Gasteiger partial charge on any atom is -0.477 e. The molecule has 0 bridgehead atoms. The van der Waals surface area contributed by atoms with Crippen molar-refractivity contribution in [1.82, 2.24) is 14.7 Å². The number of nitrogens with zero attached hydrogens (tertiary/aromatic N) is 3. The van der Waals surface area contributed by atoms with Crippen molar-refractivity contribution in [3.63, 3.8) is 0 Å². The molecule has 0 aliphatic carbocycles. The van der Waals surface area contributed by atoms with E-state index in [1.807, 2.05) is 18.9 Å². The molecule has 3 rings (SSSR count). The van der Waals surface area contributed by atoms with Gasteiger partial charge in [-0.15, -0.1) is 11.8 Å². The molecule has 0 spiro atoms. The van der Waals surface area contributed by atoms with Crippen LogP contribution in [0.3, 0.4) is 0 Å². The monoisotopic (exact) mass is 397 g/mol. The highest BCUT2D eigenvalue weighted by molar-refractivity contribution is 8.03. The van der Waals surface area contributed by atoms with E-state index in [1.54, 1.807) is 25.9 Å². The van der Waals surface area contributed by atoms with Gasteiger partial charge in [0.15, 0.2) is 0 Å². The van der Waals surface area contributed by atoms with Crippen LogP contribution in [0.5, 0.6) is 0 Å². The number of hydrogen-bond acceptors (Lipinski definition) is 6. The number of carboxylic acid groups (broad SMARTS) is 1. The average molecular weight is 397 g/mol. The lowest BCUT2D eigenvalue weighted by Crippen LogP contribution is -2.63. The van der Waals surface area contributed by atoms with E-state index >= 15 is 0 Å². The highest BCUT2D eigenvalue weighted by atomic mass is 32.2. The third kappa shape index (κ3) is 3.15. The molecule has 0 aromatic rings. The number of thioether (sulfide) groups is 1. The number of aliphatic carboxylic acids is 1. The lowest BCUT2D eigenvalue weighted by molar-refractivity contribution is -0.163. The van der Waals surface area contributed by atoms with Crippen LogP contribution in [0.1, 0.15) is 20.3 Å². The van der Waals surface area contributed by atoms with Crippen LogP contribution in [0.2, 0.25) is 0 Å². The molecule has 2 saturated heterocycles. The van der Waals surface area contributed by atoms with Crippen LogP contribution in [0.4, 0.5) is 0 Å². The van der Waals surface area contributed by atoms with Crippen molar-refractivity contribution in [2.45, 2.75) is 43.7 Å². The standard InChI is InChI=1S/C18H27N3O5S/c1-8-13-12(9(2)22)17(24)21(13)14(18(25)26)15(8)27-10-6-11(20(5)7-10)16(23)19(3)4/h8-13,22H,6-7H2,1-5H3,(H,25,26)/t8-,9?,10+,11+,12-,13+/m1/s1. The van der Waals surface area contributed by atoms with Gasteiger partial charge in [0.05, 0.1) is 24.1 Å². The molecule has 6 atom stereocenters. The summed E-state index contributed by atoms with van der Waals surface area (Å²) in [5, 5.41) is 19.7. The van der Waals surface area contributed by atoms with Gasteiger partial charge in [-0.3, -0.25) is 14.5 Å². The maximum Gasteiger partial charge on any atom is 0.353 e. The smallest absolute Gasteiger partial charge is 0.353 e. The molecule has 2 amide bonds. The van der Waals surface area contributed by atoms with Gasteiger partial charge < -0.3 is 20.0 Å². The first kappa shape index (κ1) is 20.2. The summed E-state index contributed by atoms with van der Waals surface area (Å²) in [6, 6.07) is -0.517. The normalized spacial score (nSPS) is 34.5. The van der Waals surface area contributed by atoms with Gasteiger partial charge in [0, 0.05) is 36.7 Å². The zero-order chi connectivity index (χ0) is 20.2. The maximum absolute atomic E-state index is 12.4. The lowest BCUT2D eigenvalue weighted by Gasteiger charge is -2.46. The number of likely N-dealkylation sites (tertiary alicyclic amines) is 1. The molecule has 3 heterocycles. The van der Waals surface area contributed by atoms with Crippen molar-refractivity contribution in [3.05, 3.63) is 10.6 Å². The van der Waals surface area contributed by atoms with E-state index in [1.165, 1.54) is 16.7 Å². The molecular formula is C18H27N3O5S. The lowest BCUT2D eigenvalue weighted by atomic mass is 9.79. The van der Waals surface area contributed by atoms with Crippen LogP contribution in [-0.2, 0) is 14.4 Å². The number of carboxylic acids is 1. The highest BCUT2D eigenvalue weighted by Gasteiger charge is 2.60. The molecule has 1 unspecified atom stereocenters. The summed E-state index contributed by atoms with van der Waals surface area (Å²) in [6.07, 6.45) is -0.167. The SMILES string of the molecule is CC(O)[C@H]1C(=O)N2C(C(=O)O)=C(S[C@H]3C[C@@H](C(=O)N(C)C)N(C)C3)[C@H](C)[C@@H]12. The van der Waals surface area contributed by atoms with Crippen molar-refractivity contribution < 1.29 is 24.6 Å². The zero-order valence-corrected chi connectivity index (χ0v) is 17.1.